The van der Waals surface area contributed by atoms with Crippen LogP contribution in [0.15, 0.2) is 18.2 Å². The average molecular weight is 236 g/mol. The highest BCUT2D eigenvalue weighted by molar-refractivity contribution is 5.83. The van der Waals surface area contributed by atoms with Gasteiger partial charge in [0.05, 0.1) is 10.5 Å². The molecule has 0 N–H and O–H groups in total. The number of hydrogen-bond donors (Lipinski definition) is 0. The van der Waals surface area contributed by atoms with E-state index in [1.807, 2.05) is 11.9 Å². The van der Waals surface area contributed by atoms with E-state index in [0.717, 1.165) is 12.1 Å². The molecule has 0 aliphatic carbocycles. The van der Waals surface area contributed by atoms with Gasteiger partial charge in [-0.2, -0.15) is 0 Å². The van der Waals surface area contributed by atoms with Crippen LogP contribution in [0.5, 0.6) is 0 Å². The van der Waals surface area contributed by atoms with E-state index in [4.69, 9.17) is 0 Å². The molecule has 1 aromatic rings. The second-order valence-electron chi connectivity index (χ2n) is 3.99. The van der Waals surface area contributed by atoms with E-state index in [0.29, 0.717) is 12.3 Å². The summed E-state index contributed by atoms with van der Waals surface area (Å²) < 4.78 is 0. The molecule has 1 aromatic carbocycles. The predicted molar refractivity (Wildman–Crippen MR) is 66.6 cm³/mol. The molecule has 5 heteroatoms. The highest BCUT2D eigenvalue weighted by Gasteiger charge is 2.16. The number of anilines is 1. The molecule has 0 heterocycles. The van der Waals surface area contributed by atoms with Gasteiger partial charge in [-0.25, -0.2) is 0 Å². The van der Waals surface area contributed by atoms with E-state index in [1.165, 1.54) is 6.07 Å². The Morgan fingerprint density at radius 3 is 2.65 bits per heavy atom. The molecule has 0 saturated heterocycles. The normalized spacial score (nSPS) is 11.9. The van der Waals surface area contributed by atoms with Crippen LogP contribution >= 0.6 is 0 Å². The smallest absolute Gasteiger partial charge is 0.280 e. The third-order valence-corrected chi connectivity index (χ3v) is 2.99. The zero-order chi connectivity index (χ0) is 13.0. The van der Waals surface area contributed by atoms with Crippen LogP contribution in [-0.4, -0.2) is 24.3 Å². The molecule has 0 aliphatic rings. The Morgan fingerprint density at radius 1 is 1.53 bits per heavy atom. The molecule has 92 valence electrons. The predicted octanol–water partition coefficient (Wildman–Crippen LogP) is 2.64. The number of benzene rings is 1. The minimum Gasteiger partial charge on any atom is -0.372 e. The largest absolute Gasteiger partial charge is 0.372 e. The molecular formula is C12H16N2O3. The molecule has 0 bridgehead atoms. The first-order valence-electron chi connectivity index (χ1n) is 5.47. The molecule has 0 aromatic heterocycles. The fourth-order valence-electron chi connectivity index (χ4n) is 1.55. The summed E-state index contributed by atoms with van der Waals surface area (Å²) in [4.78, 5) is 23.0. The number of aldehydes is 1. The van der Waals surface area contributed by atoms with Crippen molar-refractivity contribution in [1.29, 1.82) is 0 Å². The van der Waals surface area contributed by atoms with E-state index in [-0.39, 0.29) is 11.3 Å². The number of nitrogens with zero attached hydrogens (tertiary/aromatic N) is 2. The Kier molecular flexibility index (Phi) is 4.20. The molecule has 1 unspecified atom stereocenters. The first-order valence-corrected chi connectivity index (χ1v) is 5.47. The summed E-state index contributed by atoms with van der Waals surface area (Å²) in [5.41, 5.74) is 0.774. The molecular weight excluding hydrogens is 220 g/mol. The number of nitro groups is 1. The van der Waals surface area contributed by atoms with Gasteiger partial charge in [0.1, 0.15) is 0 Å². The Labute approximate surface area is 100 Å². The van der Waals surface area contributed by atoms with Gasteiger partial charge in [-0.3, -0.25) is 14.9 Å². The van der Waals surface area contributed by atoms with Gasteiger partial charge in [0.2, 0.25) is 0 Å². The summed E-state index contributed by atoms with van der Waals surface area (Å²) in [6.07, 6.45) is 1.48. The number of carbonyl (C=O) groups is 1. The van der Waals surface area contributed by atoms with Crippen LogP contribution in [0.1, 0.15) is 30.6 Å². The van der Waals surface area contributed by atoms with Crippen molar-refractivity contribution in [3.8, 4) is 0 Å². The molecule has 0 amide bonds. The van der Waals surface area contributed by atoms with Crippen LogP contribution in [-0.2, 0) is 0 Å². The second kappa shape index (κ2) is 5.43. The van der Waals surface area contributed by atoms with Crippen molar-refractivity contribution >= 4 is 17.7 Å². The fraction of sp³-hybridized carbons (Fsp3) is 0.417. The SMILES string of the molecule is CCC(C)N(C)c1ccc([N+](=O)[O-])c(C=O)c1. The summed E-state index contributed by atoms with van der Waals surface area (Å²) in [7, 11) is 1.91. The van der Waals surface area contributed by atoms with Gasteiger partial charge >= 0.3 is 0 Å². The molecule has 0 radical (unpaired) electrons. The molecule has 1 rings (SSSR count). The van der Waals surface area contributed by atoms with Gasteiger partial charge < -0.3 is 4.90 Å². The highest BCUT2D eigenvalue weighted by atomic mass is 16.6. The lowest BCUT2D eigenvalue weighted by molar-refractivity contribution is -0.385. The van der Waals surface area contributed by atoms with Crippen LogP contribution in [0.4, 0.5) is 11.4 Å². The van der Waals surface area contributed by atoms with Crippen molar-refractivity contribution in [3.05, 3.63) is 33.9 Å². The topological polar surface area (TPSA) is 63.4 Å². The quantitative estimate of drug-likeness (QED) is 0.448. The van der Waals surface area contributed by atoms with E-state index in [1.54, 1.807) is 12.1 Å². The average Bonchev–Trinajstić information content (AvgIpc) is 2.35. The Morgan fingerprint density at radius 2 is 2.18 bits per heavy atom. The minimum absolute atomic E-state index is 0.114. The van der Waals surface area contributed by atoms with Crippen molar-refractivity contribution in [2.75, 3.05) is 11.9 Å². The van der Waals surface area contributed by atoms with E-state index in [2.05, 4.69) is 13.8 Å². The Hall–Kier alpha value is -1.91. The molecule has 0 saturated carbocycles. The number of carbonyl (C=O) groups excluding carboxylic acids is 1. The Balaban J connectivity index is 3.13. The van der Waals surface area contributed by atoms with Crippen molar-refractivity contribution in [2.24, 2.45) is 0 Å². The van der Waals surface area contributed by atoms with Crippen molar-refractivity contribution < 1.29 is 9.72 Å². The van der Waals surface area contributed by atoms with Crippen LogP contribution in [0.3, 0.4) is 0 Å². The maximum Gasteiger partial charge on any atom is 0.280 e. The molecule has 1 atom stereocenters. The van der Waals surface area contributed by atoms with E-state index < -0.39 is 4.92 Å². The van der Waals surface area contributed by atoms with Crippen LogP contribution < -0.4 is 4.90 Å². The standard InChI is InChI=1S/C12H16N2O3/c1-4-9(2)13(3)11-5-6-12(14(16)17)10(7-11)8-15/h5-9H,4H2,1-3H3. The third-order valence-electron chi connectivity index (χ3n) is 2.99. The van der Waals surface area contributed by atoms with Gasteiger partial charge in [-0.05, 0) is 25.5 Å². The zero-order valence-corrected chi connectivity index (χ0v) is 10.2. The summed E-state index contributed by atoms with van der Waals surface area (Å²) in [6, 6.07) is 4.91. The lowest BCUT2D eigenvalue weighted by Crippen LogP contribution is -2.28. The van der Waals surface area contributed by atoms with E-state index in [9.17, 15) is 14.9 Å². The summed E-state index contributed by atoms with van der Waals surface area (Å²) in [6.45, 7) is 4.12. The Bertz CT molecular complexity index is 432. The maximum atomic E-state index is 10.8. The highest BCUT2D eigenvalue weighted by Crippen LogP contribution is 2.24. The second-order valence-corrected chi connectivity index (χ2v) is 3.99. The van der Waals surface area contributed by atoms with Crippen LogP contribution in [0, 0.1) is 10.1 Å². The summed E-state index contributed by atoms with van der Waals surface area (Å²) in [5, 5.41) is 10.7. The molecule has 17 heavy (non-hydrogen) atoms. The molecule has 5 nitrogen and oxygen atoms in total. The van der Waals surface area contributed by atoms with Gasteiger partial charge in [-0.15, -0.1) is 0 Å². The maximum absolute atomic E-state index is 10.8. The van der Waals surface area contributed by atoms with Crippen molar-refractivity contribution in [3.63, 3.8) is 0 Å². The summed E-state index contributed by atoms with van der Waals surface area (Å²) >= 11 is 0. The minimum atomic E-state index is -0.545. The van der Waals surface area contributed by atoms with Crippen molar-refractivity contribution in [1.82, 2.24) is 0 Å². The van der Waals surface area contributed by atoms with Crippen molar-refractivity contribution in [2.45, 2.75) is 26.3 Å². The van der Waals surface area contributed by atoms with Gasteiger partial charge in [0.15, 0.2) is 6.29 Å². The monoisotopic (exact) mass is 236 g/mol. The lowest BCUT2D eigenvalue weighted by atomic mass is 10.1. The molecule has 0 aliphatic heterocycles. The van der Waals surface area contributed by atoms with Gasteiger partial charge in [-0.1, -0.05) is 6.92 Å². The molecule has 0 fully saturated rings. The number of nitro benzene ring substituents is 1. The first-order chi connectivity index (χ1) is 8.01. The summed E-state index contributed by atoms with van der Waals surface area (Å²) in [5.74, 6) is 0. The molecule has 0 spiro atoms. The van der Waals surface area contributed by atoms with Gasteiger partial charge in [0.25, 0.3) is 5.69 Å². The zero-order valence-electron chi connectivity index (χ0n) is 10.2. The number of hydrogen-bond acceptors (Lipinski definition) is 4. The van der Waals surface area contributed by atoms with Gasteiger partial charge in [0, 0.05) is 24.8 Å². The number of rotatable bonds is 5. The third kappa shape index (κ3) is 2.81. The first kappa shape index (κ1) is 13.2. The van der Waals surface area contributed by atoms with Crippen LogP contribution in [0.25, 0.3) is 0 Å². The lowest BCUT2D eigenvalue weighted by Gasteiger charge is -2.26. The fourth-order valence-corrected chi connectivity index (χ4v) is 1.55. The van der Waals surface area contributed by atoms with Crippen LogP contribution in [0.2, 0.25) is 0 Å². The van der Waals surface area contributed by atoms with E-state index >= 15 is 0 Å².